The summed E-state index contributed by atoms with van der Waals surface area (Å²) in [5.74, 6) is 1.20. The van der Waals surface area contributed by atoms with Gasteiger partial charge in [-0.3, -0.25) is 14.7 Å². The van der Waals surface area contributed by atoms with E-state index in [9.17, 15) is 4.79 Å². The number of rotatable bonds is 5. The molecular weight excluding hydrogens is 410 g/mol. The number of amides is 1. The van der Waals surface area contributed by atoms with Crippen LogP contribution in [0.15, 0.2) is 66.9 Å². The number of piperidine rings is 1. The number of aromatic nitrogens is 3. The van der Waals surface area contributed by atoms with Crippen LogP contribution in [0.1, 0.15) is 40.6 Å². The molecule has 0 radical (unpaired) electrons. The molecule has 3 heterocycles. The lowest BCUT2D eigenvalue weighted by atomic mass is 9.95. The van der Waals surface area contributed by atoms with E-state index in [0.29, 0.717) is 11.6 Å². The van der Waals surface area contributed by atoms with Gasteiger partial charge >= 0.3 is 0 Å². The van der Waals surface area contributed by atoms with E-state index in [-0.39, 0.29) is 5.91 Å². The van der Waals surface area contributed by atoms with Gasteiger partial charge in [-0.1, -0.05) is 48.5 Å². The highest BCUT2D eigenvalue weighted by Gasteiger charge is 2.27. The van der Waals surface area contributed by atoms with E-state index in [1.54, 1.807) is 19.0 Å². The van der Waals surface area contributed by atoms with Gasteiger partial charge in [0.05, 0.1) is 5.52 Å². The smallest absolute Gasteiger partial charge is 0.272 e. The highest BCUT2D eigenvalue weighted by atomic mass is 16.2. The molecule has 5 rings (SSSR count). The molecule has 2 aromatic heterocycles. The molecule has 1 saturated heterocycles. The second kappa shape index (κ2) is 9.16. The molecule has 33 heavy (non-hydrogen) atoms. The summed E-state index contributed by atoms with van der Waals surface area (Å²) in [5, 5.41) is 1.23. The predicted octanol–water partition coefficient (Wildman–Crippen LogP) is 4.71. The molecule has 0 bridgehead atoms. The first-order valence-electron chi connectivity index (χ1n) is 11.5. The number of para-hydroxylation sites is 1. The lowest BCUT2D eigenvalue weighted by Gasteiger charge is -2.31. The van der Waals surface area contributed by atoms with E-state index in [1.165, 1.54) is 10.9 Å². The van der Waals surface area contributed by atoms with Gasteiger partial charge in [0.2, 0.25) is 0 Å². The number of hydrogen-bond donors (Lipinski definition) is 1. The monoisotopic (exact) mass is 439 g/mol. The van der Waals surface area contributed by atoms with Crippen molar-refractivity contribution in [2.24, 2.45) is 0 Å². The minimum absolute atomic E-state index is 0.0467. The topological polar surface area (TPSA) is 65.1 Å². The number of likely N-dealkylation sites (tertiary alicyclic amines) is 1. The summed E-state index contributed by atoms with van der Waals surface area (Å²) < 4.78 is 0. The van der Waals surface area contributed by atoms with Gasteiger partial charge in [0.15, 0.2) is 0 Å². The van der Waals surface area contributed by atoms with Crippen molar-refractivity contribution in [2.45, 2.75) is 25.3 Å². The molecule has 1 N–H and O–H groups in total. The third-order valence-corrected chi connectivity index (χ3v) is 6.50. The first-order chi connectivity index (χ1) is 16.1. The van der Waals surface area contributed by atoms with Gasteiger partial charge in [0.25, 0.3) is 5.91 Å². The first-order valence-corrected chi connectivity index (χ1v) is 11.5. The minimum atomic E-state index is -0.0467. The van der Waals surface area contributed by atoms with Crippen LogP contribution in [0.4, 0.5) is 0 Å². The largest absolute Gasteiger partial charge is 0.343 e. The third kappa shape index (κ3) is 4.39. The van der Waals surface area contributed by atoms with E-state index in [1.807, 2.05) is 42.6 Å². The van der Waals surface area contributed by atoms with Crippen molar-refractivity contribution in [2.75, 3.05) is 27.2 Å². The summed E-state index contributed by atoms with van der Waals surface area (Å²) in [4.78, 5) is 29.8. The molecule has 168 valence electrons. The maximum atomic E-state index is 12.8. The molecule has 4 aromatic rings. The zero-order valence-corrected chi connectivity index (χ0v) is 19.2. The van der Waals surface area contributed by atoms with Crippen LogP contribution in [-0.4, -0.2) is 57.8 Å². The molecule has 0 atom stereocenters. The lowest BCUT2D eigenvalue weighted by molar-refractivity contribution is 0.0823. The van der Waals surface area contributed by atoms with Crippen LogP contribution < -0.4 is 0 Å². The standard InChI is InChI=1S/C27H29N5O/c1-31(2)27(33)25-24(19-8-4-3-5-9-19)29-26(30-25)20-13-16-32(17-14-20)18-21-12-15-28-23-11-7-6-10-22(21)23/h3-12,15,20H,13-14,16-18H2,1-2H3,(H,29,30). The number of nitrogens with zero attached hydrogens (tertiary/aromatic N) is 4. The summed E-state index contributed by atoms with van der Waals surface area (Å²) in [6.07, 6.45) is 3.93. The Hall–Kier alpha value is -3.51. The van der Waals surface area contributed by atoms with Gasteiger partial charge in [0.1, 0.15) is 17.2 Å². The Kier molecular flexibility index (Phi) is 5.92. The SMILES string of the molecule is CN(C)C(=O)c1[nH]c(C2CCN(Cc3ccnc4ccccc34)CC2)nc1-c1ccccc1. The second-order valence-corrected chi connectivity index (χ2v) is 8.95. The quantitative estimate of drug-likeness (QED) is 0.489. The zero-order chi connectivity index (χ0) is 22.8. The first kappa shape index (κ1) is 21.3. The average Bonchev–Trinajstić information content (AvgIpc) is 3.30. The highest BCUT2D eigenvalue weighted by molar-refractivity contribution is 5.98. The molecule has 2 aromatic carbocycles. The van der Waals surface area contributed by atoms with Crippen LogP contribution >= 0.6 is 0 Å². The van der Waals surface area contributed by atoms with Gasteiger partial charge in [-0.2, -0.15) is 0 Å². The molecule has 6 nitrogen and oxygen atoms in total. The Morgan fingerprint density at radius 2 is 1.76 bits per heavy atom. The van der Waals surface area contributed by atoms with Crippen molar-refractivity contribution >= 4 is 16.8 Å². The lowest BCUT2D eigenvalue weighted by Crippen LogP contribution is -2.32. The zero-order valence-electron chi connectivity index (χ0n) is 19.2. The summed E-state index contributed by atoms with van der Waals surface area (Å²) >= 11 is 0. The molecule has 0 saturated carbocycles. The number of nitrogens with one attached hydrogen (secondary N) is 1. The van der Waals surface area contributed by atoms with E-state index >= 15 is 0 Å². The van der Waals surface area contributed by atoms with Gasteiger partial charge in [0, 0.05) is 43.7 Å². The second-order valence-electron chi connectivity index (χ2n) is 8.95. The van der Waals surface area contributed by atoms with Crippen LogP contribution in [-0.2, 0) is 6.54 Å². The van der Waals surface area contributed by atoms with Crippen LogP contribution in [0.2, 0.25) is 0 Å². The molecule has 1 aliphatic rings. The van der Waals surface area contributed by atoms with Gasteiger partial charge in [-0.15, -0.1) is 0 Å². The van der Waals surface area contributed by atoms with Crippen molar-refractivity contribution in [3.8, 4) is 11.3 Å². The van der Waals surface area contributed by atoms with E-state index in [2.05, 4.69) is 39.1 Å². The average molecular weight is 440 g/mol. The fourth-order valence-electron chi connectivity index (χ4n) is 4.67. The Balaban J connectivity index is 1.33. The molecule has 1 aliphatic heterocycles. The Bertz CT molecular complexity index is 1250. The fraction of sp³-hybridized carbons (Fsp3) is 0.296. The normalized spacial score (nSPS) is 15.1. The van der Waals surface area contributed by atoms with Crippen molar-refractivity contribution in [3.63, 3.8) is 0 Å². The summed E-state index contributed by atoms with van der Waals surface area (Å²) in [6.45, 7) is 2.92. The molecule has 0 unspecified atom stereocenters. The maximum Gasteiger partial charge on any atom is 0.272 e. The van der Waals surface area contributed by atoms with Crippen molar-refractivity contribution in [1.29, 1.82) is 0 Å². The van der Waals surface area contributed by atoms with Crippen LogP contribution in [0.25, 0.3) is 22.2 Å². The van der Waals surface area contributed by atoms with Crippen molar-refractivity contribution < 1.29 is 4.79 Å². The Morgan fingerprint density at radius 1 is 1.03 bits per heavy atom. The summed E-state index contributed by atoms with van der Waals surface area (Å²) in [5.41, 5.74) is 4.66. The molecule has 1 amide bonds. The maximum absolute atomic E-state index is 12.8. The van der Waals surface area contributed by atoms with E-state index in [4.69, 9.17) is 4.98 Å². The number of carbonyl (C=O) groups is 1. The number of aromatic amines is 1. The Labute approximate surface area is 194 Å². The molecule has 1 fully saturated rings. The number of fused-ring (bicyclic) bond motifs is 1. The number of hydrogen-bond acceptors (Lipinski definition) is 4. The summed E-state index contributed by atoms with van der Waals surface area (Å²) in [6, 6.07) is 20.4. The molecule has 0 spiro atoms. The fourth-order valence-corrected chi connectivity index (χ4v) is 4.67. The van der Waals surface area contributed by atoms with Crippen LogP contribution in [0.5, 0.6) is 0 Å². The third-order valence-electron chi connectivity index (χ3n) is 6.50. The number of pyridine rings is 1. The Morgan fingerprint density at radius 3 is 2.52 bits per heavy atom. The van der Waals surface area contributed by atoms with Crippen LogP contribution in [0, 0.1) is 0 Å². The van der Waals surface area contributed by atoms with Crippen molar-refractivity contribution in [3.05, 3.63) is 83.9 Å². The number of benzene rings is 2. The minimum Gasteiger partial charge on any atom is -0.343 e. The highest BCUT2D eigenvalue weighted by Crippen LogP contribution is 2.31. The predicted molar refractivity (Wildman–Crippen MR) is 131 cm³/mol. The van der Waals surface area contributed by atoms with E-state index in [0.717, 1.165) is 55.1 Å². The molecular formula is C27H29N5O. The van der Waals surface area contributed by atoms with Gasteiger partial charge in [-0.25, -0.2) is 4.98 Å². The van der Waals surface area contributed by atoms with Crippen molar-refractivity contribution in [1.82, 2.24) is 24.8 Å². The summed E-state index contributed by atoms with van der Waals surface area (Å²) in [7, 11) is 3.55. The number of imidazole rings is 1. The van der Waals surface area contributed by atoms with Gasteiger partial charge in [-0.05, 0) is 43.6 Å². The van der Waals surface area contributed by atoms with E-state index < -0.39 is 0 Å². The number of H-pyrrole nitrogens is 1. The van der Waals surface area contributed by atoms with Gasteiger partial charge < -0.3 is 9.88 Å². The molecule has 0 aliphatic carbocycles. The molecule has 6 heteroatoms. The van der Waals surface area contributed by atoms with Crippen LogP contribution in [0.3, 0.4) is 0 Å². The number of carbonyl (C=O) groups excluding carboxylic acids is 1.